The van der Waals surface area contributed by atoms with Crippen LogP contribution in [0, 0.1) is 35.0 Å². The van der Waals surface area contributed by atoms with Crippen molar-refractivity contribution in [3.63, 3.8) is 0 Å². The molecule has 0 aliphatic heterocycles. The predicted molar refractivity (Wildman–Crippen MR) is 54.5 cm³/mol. The smallest absolute Gasteiger partial charge is 0.0284 e. The van der Waals surface area contributed by atoms with E-state index in [1.54, 1.807) is 0 Å². The molecule has 0 aromatic rings. The first-order chi connectivity index (χ1) is 5.45. The minimum atomic E-state index is 0.119. The van der Waals surface area contributed by atoms with Crippen molar-refractivity contribution >= 4 is 0 Å². The van der Waals surface area contributed by atoms with E-state index < -0.39 is 0 Å². The van der Waals surface area contributed by atoms with Gasteiger partial charge in [-0.2, -0.15) is 0 Å². The summed E-state index contributed by atoms with van der Waals surface area (Å²) in [7, 11) is 0. The summed E-state index contributed by atoms with van der Waals surface area (Å²) in [5.74, 6) is 12.7. The molecule has 0 fully saturated rings. The zero-order chi connectivity index (χ0) is 9.61. The van der Waals surface area contributed by atoms with Crippen LogP contribution < -0.4 is 0 Å². The molecule has 0 spiro atoms. The van der Waals surface area contributed by atoms with Gasteiger partial charge >= 0.3 is 0 Å². The molecule has 12 heavy (non-hydrogen) atoms. The highest BCUT2D eigenvalue weighted by atomic mass is 14.1. The minimum absolute atomic E-state index is 0.119. The highest BCUT2D eigenvalue weighted by Gasteiger charge is 2.03. The first-order valence-electron chi connectivity index (χ1n) is 4.38. The van der Waals surface area contributed by atoms with Gasteiger partial charge in [0.25, 0.3) is 0 Å². The predicted octanol–water partition coefficient (Wildman–Crippen LogP) is 3.09. The van der Waals surface area contributed by atoms with E-state index in [2.05, 4.69) is 51.4 Å². The largest absolute Gasteiger partial charge is 0.107 e. The van der Waals surface area contributed by atoms with Crippen molar-refractivity contribution in [1.82, 2.24) is 0 Å². The fourth-order valence-corrected chi connectivity index (χ4v) is 0.646. The molecule has 0 radical (unpaired) electrons. The van der Waals surface area contributed by atoms with Crippen LogP contribution in [0.5, 0.6) is 0 Å². The SMILES string of the molecule is CC#CCC(C)C#CC(C)(C)C. The summed E-state index contributed by atoms with van der Waals surface area (Å²) >= 11 is 0. The third-order valence-corrected chi connectivity index (χ3v) is 1.28. The maximum atomic E-state index is 3.21. The Morgan fingerprint density at radius 1 is 1.25 bits per heavy atom. The molecular formula is C12H18. The van der Waals surface area contributed by atoms with Crippen LogP contribution in [0.4, 0.5) is 0 Å². The summed E-state index contributed by atoms with van der Waals surface area (Å²) in [6, 6.07) is 0. The van der Waals surface area contributed by atoms with E-state index in [4.69, 9.17) is 0 Å². The molecule has 1 unspecified atom stereocenters. The van der Waals surface area contributed by atoms with Gasteiger partial charge in [-0.1, -0.05) is 18.8 Å². The van der Waals surface area contributed by atoms with Crippen LogP contribution in [-0.4, -0.2) is 0 Å². The molecule has 0 aliphatic carbocycles. The zero-order valence-corrected chi connectivity index (χ0v) is 8.78. The van der Waals surface area contributed by atoms with Crippen LogP contribution in [0.1, 0.15) is 41.0 Å². The van der Waals surface area contributed by atoms with Gasteiger partial charge in [-0.3, -0.25) is 0 Å². The van der Waals surface area contributed by atoms with Gasteiger partial charge in [0, 0.05) is 17.8 Å². The Labute approximate surface area is 76.8 Å². The van der Waals surface area contributed by atoms with Crippen molar-refractivity contribution in [2.24, 2.45) is 11.3 Å². The van der Waals surface area contributed by atoms with Gasteiger partial charge in [0.15, 0.2) is 0 Å². The normalized spacial score (nSPS) is 12.1. The van der Waals surface area contributed by atoms with Crippen LogP contribution >= 0.6 is 0 Å². The van der Waals surface area contributed by atoms with Gasteiger partial charge in [0.1, 0.15) is 0 Å². The first-order valence-corrected chi connectivity index (χ1v) is 4.38. The van der Waals surface area contributed by atoms with Gasteiger partial charge < -0.3 is 0 Å². The lowest BCUT2D eigenvalue weighted by Crippen LogP contribution is -2.00. The Bertz CT molecular complexity index is 231. The molecule has 0 saturated carbocycles. The second-order valence-corrected chi connectivity index (χ2v) is 4.05. The number of rotatable bonds is 1. The molecule has 0 rings (SSSR count). The molecule has 0 saturated heterocycles. The molecule has 0 bridgehead atoms. The van der Waals surface area contributed by atoms with Crippen molar-refractivity contribution in [2.75, 3.05) is 0 Å². The summed E-state index contributed by atoms with van der Waals surface area (Å²) in [5, 5.41) is 0. The standard InChI is InChI=1S/C12H18/c1-6-7-8-11(2)9-10-12(3,4)5/h11H,8H2,1-5H3. The van der Waals surface area contributed by atoms with Crippen LogP contribution in [-0.2, 0) is 0 Å². The molecule has 0 aromatic carbocycles. The van der Waals surface area contributed by atoms with Crippen molar-refractivity contribution in [3.05, 3.63) is 0 Å². The zero-order valence-electron chi connectivity index (χ0n) is 8.78. The summed E-state index contributed by atoms with van der Waals surface area (Å²) in [4.78, 5) is 0. The number of hydrogen-bond donors (Lipinski definition) is 0. The monoisotopic (exact) mass is 162 g/mol. The quantitative estimate of drug-likeness (QED) is 0.520. The van der Waals surface area contributed by atoms with E-state index in [1.165, 1.54) is 0 Å². The molecule has 1 atom stereocenters. The lowest BCUT2D eigenvalue weighted by molar-refractivity contribution is 0.568. The minimum Gasteiger partial charge on any atom is -0.107 e. The fraction of sp³-hybridized carbons (Fsp3) is 0.667. The van der Waals surface area contributed by atoms with Gasteiger partial charge in [-0.25, -0.2) is 0 Å². The van der Waals surface area contributed by atoms with Gasteiger partial charge in [0.2, 0.25) is 0 Å². The van der Waals surface area contributed by atoms with E-state index in [0.717, 1.165) is 6.42 Å². The topological polar surface area (TPSA) is 0 Å². The average molecular weight is 162 g/mol. The second-order valence-electron chi connectivity index (χ2n) is 4.05. The second kappa shape index (κ2) is 4.89. The van der Waals surface area contributed by atoms with E-state index in [0.29, 0.717) is 5.92 Å². The van der Waals surface area contributed by atoms with E-state index in [-0.39, 0.29) is 5.41 Å². The molecule has 0 amide bonds. The lowest BCUT2D eigenvalue weighted by atomic mass is 9.96. The van der Waals surface area contributed by atoms with Crippen molar-refractivity contribution in [3.8, 4) is 23.7 Å². The van der Waals surface area contributed by atoms with Gasteiger partial charge in [-0.05, 0) is 27.7 Å². The van der Waals surface area contributed by atoms with Crippen molar-refractivity contribution in [2.45, 2.75) is 41.0 Å². The maximum Gasteiger partial charge on any atom is 0.0284 e. The van der Waals surface area contributed by atoms with E-state index >= 15 is 0 Å². The van der Waals surface area contributed by atoms with E-state index in [9.17, 15) is 0 Å². The molecule has 66 valence electrons. The van der Waals surface area contributed by atoms with Crippen LogP contribution in [0.15, 0.2) is 0 Å². The Balaban J connectivity index is 4.01. The Kier molecular flexibility index (Phi) is 4.53. The molecule has 0 heterocycles. The summed E-state index contributed by atoms with van der Waals surface area (Å²) in [6.07, 6.45) is 0.888. The van der Waals surface area contributed by atoms with Crippen molar-refractivity contribution < 1.29 is 0 Å². The van der Waals surface area contributed by atoms with Crippen LogP contribution in [0.25, 0.3) is 0 Å². The third kappa shape index (κ3) is 7.23. The molecule has 0 aliphatic rings. The van der Waals surface area contributed by atoms with Crippen molar-refractivity contribution in [1.29, 1.82) is 0 Å². The summed E-state index contributed by atoms with van der Waals surface area (Å²) < 4.78 is 0. The highest BCUT2D eigenvalue weighted by molar-refractivity contribution is 5.12. The van der Waals surface area contributed by atoms with Crippen LogP contribution in [0.3, 0.4) is 0 Å². The van der Waals surface area contributed by atoms with Crippen LogP contribution in [0.2, 0.25) is 0 Å². The average Bonchev–Trinajstić information content (AvgIpc) is 1.95. The molecule has 0 aromatic heterocycles. The number of hydrogen-bond acceptors (Lipinski definition) is 0. The fourth-order valence-electron chi connectivity index (χ4n) is 0.646. The maximum absolute atomic E-state index is 3.21. The molecule has 0 nitrogen and oxygen atoms in total. The molecular weight excluding hydrogens is 144 g/mol. The van der Waals surface area contributed by atoms with Gasteiger partial charge in [-0.15, -0.1) is 11.8 Å². The Morgan fingerprint density at radius 3 is 2.25 bits per heavy atom. The molecule has 0 N–H and O–H groups in total. The molecule has 0 heteroatoms. The Morgan fingerprint density at radius 2 is 1.83 bits per heavy atom. The highest BCUT2D eigenvalue weighted by Crippen LogP contribution is 2.11. The summed E-state index contributed by atoms with van der Waals surface area (Å²) in [6.45, 7) is 10.3. The van der Waals surface area contributed by atoms with E-state index in [1.807, 2.05) is 6.92 Å². The summed E-state index contributed by atoms with van der Waals surface area (Å²) in [5.41, 5.74) is 0.119. The lowest BCUT2D eigenvalue weighted by Gasteiger charge is -2.07. The van der Waals surface area contributed by atoms with Gasteiger partial charge in [0.05, 0.1) is 0 Å². The Hall–Kier alpha value is -0.880. The first kappa shape index (κ1) is 11.1. The third-order valence-electron chi connectivity index (χ3n) is 1.28.